The van der Waals surface area contributed by atoms with Crippen molar-refractivity contribution in [1.29, 1.82) is 0 Å². The summed E-state index contributed by atoms with van der Waals surface area (Å²) in [6.07, 6.45) is 5.48. The molecule has 1 aromatic carbocycles. The SMILES string of the molecule is Clc1ccc(CN(CC2CC2)CC2CCCN2)cc1Br. The third-order valence-electron chi connectivity index (χ3n) is 4.24. The Labute approximate surface area is 135 Å². The van der Waals surface area contributed by atoms with E-state index in [2.05, 4.69) is 38.3 Å². The number of rotatable bonds is 6. The van der Waals surface area contributed by atoms with Crippen LogP contribution >= 0.6 is 27.5 Å². The van der Waals surface area contributed by atoms with Crippen molar-refractivity contribution in [3.63, 3.8) is 0 Å². The van der Waals surface area contributed by atoms with Gasteiger partial charge in [-0.15, -0.1) is 0 Å². The van der Waals surface area contributed by atoms with E-state index < -0.39 is 0 Å². The molecule has 1 aliphatic carbocycles. The second kappa shape index (κ2) is 6.78. The topological polar surface area (TPSA) is 15.3 Å². The van der Waals surface area contributed by atoms with Crippen LogP contribution in [-0.2, 0) is 6.54 Å². The van der Waals surface area contributed by atoms with E-state index in [9.17, 15) is 0 Å². The lowest BCUT2D eigenvalue weighted by molar-refractivity contribution is 0.232. The molecule has 1 aliphatic heterocycles. The van der Waals surface area contributed by atoms with E-state index in [-0.39, 0.29) is 0 Å². The van der Waals surface area contributed by atoms with Gasteiger partial charge in [-0.3, -0.25) is 4.90 Å². The zero-order valence-electron chi connectivity index (χ0n) is 11.7. The van der Waals surface area contributed by atoms with Gasteiger partial charge in [0.2, 0.25) is 0 Å². The number of nitrogens with zero attached hydrogens (tertiary/aromatic N) is 1. The second-order valence-electron chi connectivity index (χ2n) is 6.18. The molecule has 1 heterocycles. The highest BCUT2D eigenvalue weighted by atomic mass is 79.9. The van der Waals surface area contributed by atoms with E-state index in [1.807, 2.05) is 6.07 Å². The second-order valence-corrected chi connectivity index (χ2v) is 7.44. The molecule has 1 saturated carbocycles. The van der Waals surface area contributed by atoms with Crippen LogP contribution in [0.25, 0.3) is 0 Å². The minimum absolute atomic E-state index is 0.685. The van der Waals surface area contributed by atoms with Gasteiger partial charge >= 0.3 is 0 Å². The average molecular weight is 358 g/mol. The maximum atomic E-state index is 6.08. The molecule has 4 heteroatoms. The van der Waals surface area contributed by atoms with Gasteiger partial charge in [0.15, 0.2) is 0 Å². The summed E-state index contributed by atoms with van der Waals surface area (Å²) in [6.45, 7) is 4.65. The molecule has 0 bridgehead atoms. The van der Waals surface area contributed by atoms with Crippen LogP contribution < -0.4 is 5.32 Å². The highest BCUT2D eigenvalue weighted by Gasteiger charge is 2.26. The first kappa shape index (κ1) is 14.8. The number of hydrogen-bond donors (Lipinski definition) is 1. The molecule has 1 aromatic rings. The summed E-state index contributed by atoms with van der Waals surface area (Å²) in [5.41, 5.74) is 1.35. The van der Waals surface area contributed by atoms with Crippen molar-refractivity contribution in [3.05, 3.63) is 33.3 Å². The fraction of sp³-hybridized carbons (Fsp3) is 0.625. The van der Waals surface area contributed by atoms with E-state index in [0.717, 1.165) is 22.0 Å². The Kier molecular flexibility index (Phi) is 5.03. The first-order valence-electron chi connectivity index (χ1n) is 7.60. The number of benzene rings is 1. The molecular weight excluding hydrogens is 336 g/mol. The fourth-order valence-corrected chi connectivity index (χ4v) is 3.53. The number of halogens is 2. The molecule has 20 heavy (non-hydrogen) atoms. The molecule has 2 fully saturated rings. The molecule has 3 rings (SSSR count). The van der Waals surface area contributed by atoms with Crippen molar-refractivity contribution < 1.29 is 0 Å². The summed E-state index contributed by atoms with van der Waals surface area (Å²) < 4.78 is 1.00. The van der Waals surface area contributed by atoms with Crippen LogP contribution in [0.2, 0.25) is 5.02 Å². The Morgan fingerprint density at radius 1 is 1.25 bits per heavy atom. The van der Waals surface area contributed by atoms with Gasteiger partial charge in [-0.2, -0.15) is 0 Å². The molecule has 1 unspecified atom stereocenters. The van der Waals surface area contributed by atoms with E-state index >= 15 is 0 Å². The Hall–Kier alpha value is -0.0900. The lowest BCUT2D eigenvalue weighted by Crippen LogP contribution is -2.38. The Morgan fingerprint density at radius 3 is 2.75 bits per heavy atom. The molecule has 0 amide bonds. The summed E-state index contributed by atoms with van der Waals surface area (Å²) in [7, 11) is 0. The minimum atomic E-state index is 0.685. The smallest absolute Gasteiger partial charge is 0.0548 e. The maximum absolute atomic E-state index is 6.08. The standard InChI is InChI=1S/C16H22BrClN2/c17-15-8-13(5-6-16(15)18)10-20(9-12-3-4-12)11-14-2-1-7-19-14/h5-6,8,12,14,19H,1-4,7,9-11H2. The lowest BCUT2D eigenvalue weighted by Gasteiger charge is -2.26. The highest BCUT2D eigenvalue weighted by molar-refractivity contribution is 9.10. The number of hydrogen-bond acceptors (Lipinski definition) is 2. The van der Waals surface area contributed by atoms with Crippen molar-refractivity contribution in [1.82, 2.24) is 10.2 Å². The van der Waals surface area contributed by atoms with Crippen molar-refractivity contribution in [3.8, 4) is 0 Å². The maximum Gasteiger partial charge on any atom is 0.0548 e. The summed E-state index contributed by atoms with van der Waals surface area (Å²) >= 11 is 9.60. The summed E-state index contributed by atoms with van der Waals surface area (Å²) in [5, 5.41) is 4.41. The fourth-order valence-electron chi connectivity index (χ4n) is 2.99. The van der Waals surface area contributed by atoms with Crippen LogP contribution in [0.4, 0.5) is 0 Å². The molecule has 0 spiro atoms. The zero-order valence-corrected chi connectivity index (χ0v) is 14.1. The molecule has 110 valence electrons. The van der Waals surface area contributed by atoms with Crippen molar-refractivity contribution >= 4 is 27.5 Å². The summed E-state index contributed by atoms with van der Waals surface area (Å²) in [5.74, 6) is 0.937. The lowest BCUT2D eigenvalue weighted by atomic mass is 10.1. The monoisotopic (exact) mass is 356 g/mol. The van der Waals surface area contributed by atoms with Gasteiger partial charge in [0, 0.05) is 30.1 Å². The van der Waals surface area contributed by atoms with E-state index in [4.69, 9.17) is 11.6 Å². The molecular formula is C16H22BrClN2. The van der Waals surface area contributed by atoms with Gasteiger partial charge in [0.1, 0.15) is 0 Å². The van der Waals surface area contributed by atoms with Crippen LogP contribution in [0.3, 0.4) is 0 Å². The first-order valence-corrected chi connectivity index (χ1v) is 8.77. The molecule has 0 aromatic heterocycles. The zero-order chi connectivity index (χ0) is 13.9. The van der Waals surface area contributed by atoms with E-state index in [1.54, 1.807) is 0 Å². The van der Waals surface area contributed by atoms with Gasteiger partial charge in [0.25, 0.3) is 0 Å². The van der Waals surface area contributed by atoms with Gasteiger partial charge in [-0.05, 0) is 71.8 Å². The third kappa shape index (κ3) is 4.20. The van der Waals surface area contributed by atoms with Gasteiger partial charge < -0.3 is 5.32 Å². The molecule has 2 aliphatic rings. The van der Waals surface area contributed by atoms with Crippen molar-refractivity contribution in [2.75, 3.05) is 19.6 Å². The Bertz CT molecular complexity index is 456. The van der Waals surface area contributed by atoms with Gasteiger partial charge in [0.05, 0.1) is 5.02 Å². The minimum Gasteiger partial charge on any atom is -0.313 e. The van der Waals surface area contributed by atoms with Crippen LogP contribution in [0.1, 0.15) is 31.2 Å². The summed E-state index contributed by atoms with van der Waals surface area (Å²) in [4.78, 5) is 2.62. The van der Waals surface area contributed by atoms with Crippen molar-refractivity contribution in [2.45, 2.75) is 38.3 Å². The normalized spacial score (nSPS) is 22.6. The molecule has 2 nitrogen and oxygen atoms in total. The molecule has 1 saturated heterocycles. The van der Waals surface area contributed by atoms with Gasteiger partial charge in [-0.1, -0.05) is 17.7 Å². The van der Waals surface area contributed by atoms with Crippen LogP contribution in [0, 0.1) is 5.92 Å². The predicted octanol–water partition coefficient (Wildman–Crippen LogP) is 4.07. The molecule has 1 N–H and O–H groups in total. The average Bonchev–Trinajstić information content (AvgIpc) is 3.08. The third-order valence-corrected chi connectivity index (χ3v) is 5.46. The molecule has 0 radical (unpaired) electrons. The predicted molar refractivity (Wildman–Crippen MR) is 88.2 cm³/mol. The largest absolute Gasteiger partial charge is 0.313 e. The van der Waals surface area contributed by atoms with Crippen LogP contribution in [0.5, 0.6) is 0 Å². The van der Waals surface area contributed by atoms with E-state index in [0.29, 0.717) is 6.04 Å². The quantitative estimate of drug-likeness (QED) is 0.825. The highest BCUT2D eigenvalue weighted by Crippen LogP contribution is 2.31. The Balaban J connectivity index is 1.62. The van der Waals surface area contributed by atoms with Crippen molar-refractivity contribution in [2.24, 2.45) is 5.92 Å². The Morgan fingerprint density at radius 2 is 2.10 bits per heavy atom. The van der Waals surface area contributed by atoms with Gasteiger partial charge in [-0.25, -0.2) is 0 Å². The van der Waals surface area contributed by atoms with Crippen LogP contribution in [-0.4, -0.2) is 30.6 Å². The summed E-state index contributed by atoms with van der Waals surface area (Å²) in [6, 6.07) is 6.98. The van der Waals surface area contributed by atoms with Crippen LogP contribution in [0.15, 0.2) is 22.7 Å². The van der Waals surface area contributed by atoms with E-state index in [1.165, 1.54) is 50.9 Å². The number of nitrogens with one attached hydrogen (secondary N) is 1. The molecule has 1 atom stereocenters. The first-order chi connectivity index (χ1) is 9.70.